The maximum absolute atomic E-state index is 10.9. The van der Waals surface area contributed by atoms with Gasteiger partial charge in [-0.25, -0.2) is 0 Å². The number of nitrogens with two attached hydrogens (primary N) is 2. The van der Waals surface area contributed by atoms with Crippen LogP contribution in [0, 0.1) is 0 Å². The first-order chi connectivity index (χ1) is 8.11. The van der Waals surface area contributed by atoms with Gasteiger partial charge in [-0.1, -0.05) is 0 Å². The maximum Gasteiger partial charge on any atom is 0.284 e. The number of benzene rings is 1. The Morgan fingerprint density at radius 1 is 1.29 bits per heavy atom. The summed E-state index contributed by atoms with van der Waals surface area (Å²) in [5.74, 6) is 0.593. The van der Waals surface area contributed by atoms with E-state index in [0.29, 0.717) is 22.8 Å². The minimum absolute atomic E-state index is 0.110. The van der Waals surface area contributed by atoms with Crippen LogP contribution in [-0.4, -0.2) is 13.0 Å². The summed E-state index contributed by atoms with van der Waals surface area (Å²) in [4.78, 5) is 10.9. The Morgan fingerprint density at radius 2 is 2.06 bits per heavy atom. The van der Waals surface area contributed by atoms with E-state index in [9.17, 15) is 4.79 Å². The molecule has 0 radical (unpaired) electrons. The van der Waals surface area contributed by atoms with Gasteiger partial charge in [-0.2, -0.15) is 0 Å². The lowest BCUT2D eigenvalue weighted by Crippen LogP contribution is -2.09. The molecule has 0 saturated heterocycles. The molecule has 1 amide bonds. The monoisotopic (exact) mass is 232 g/mol. The predicted octanol–water partition coefficient (Wildman–Crippen LogP) is 1.64. The van der Waals surface area contributed by atoms with Crippen molar-refractivity contribution in [3.63, 3.8) is 0 Å². The zero-order chi connectivity index (χ0) is 12.4. The molecule has 0 bridgehead atoms. The Morgan fingerprint density at radius 3 is 2.65 bits per heavy atom. The summed E-state index contributed by atoms with van der Waals surface area (Å²) in [7, 11) is 1.54. The number of rotatable bonds is 3. The van der Waals surface area contributed by atoms with E-state index in [1.165, 1.54) is 13.2 Å². The first-order valence-electron chi connectivity index (χ1n) is 4.95. The van der Waals surface area contributed by atoms with Crippen LogP contribution in [-0.2, 0) is 0 Å². The molecule has 0 saturated carbocycles. The Kier molecular flexibility index (Phi) is 2.74. The van der Waals surface area contributed by atoms with Gasteiger partial charge >= 0.3 is 0 Å². The third kappa shape index (κ3) is 2.08. The fraction of sp³-hybridized carbons (Fsp3) is 0.0833. The summed E-state index contributed by atoms with van der Waals surface area (Å²) >= 11 is 0. The lowest BCUT2D eigenvalue weighted by atomic mass is 10.1. The SMILES string of the molecule is COc1cc(N)ccc1-c1ccc(C(N)=O)o1. The van der Waals surface area contributed by atoms with Crippen molar-refractivity contribution in [2.75, 3.05) is 12.8 Å². The van der Waals surface area contributed by atoms with Gasteiger partial charge in [-0.3, -0.25) is 4.79 Å². The average molecular weight is 232 g/mol. The molecule has 1 heterocycles. The molecule has 4 N–H and O–H groups in total. The van der Waals surface area contributed by atoms with Gasteiger partial charge < -0.3 is 20.6 Å². The largest absolute Gasteiger partial charge is 0.496 e. The fourth-order valence-corrected chi connectivity index (χ4v) is 1.53. The zero-order valence-corrected chi connectivity index (χ0v) is 9.27. The molecular weight excluding hydrogens is 220 g/mol. The van der Waals surface area contributed by atoms with Crippen molar-refractivity contribution in [3.05, 3.63) is 36.1 Å². The third-order valence-electron chi connectivity index (χ3n) is 2.34. The number of methoxy groups -OCH3 is 1. The number of furan rings is 1. The first kappa shape index (κ1) is 11.1. The second-order valence-electron chi connectivity index (χ2n) is 3.49. The quantitative estimate of drug-likeness (QED) is 0.787. The smallest absolute Gasteiger partial charge is 0.284 e. The van der Waals surface area contributed by atoms with E-state index >= 15 is 0 Å². The summed E-state index contributed by atoms with van der Waals surface area (Å²) < 4.78 is 10.5. The maximum atomic E-state index is 10.9. The van der Waals surface area contributed by atoms with Gasteiger partial charge in [0.05, 0.1) is 12.7 Å². The summed E-state index contributed by atoms with van der Waals surface area (Å²) in [6.45, 7) is 0. The molecule has 0 spiro atoms. The number of amides is 1. The average Bonchev–Trinajstić information content (AvgIpc) is 2.78. The molecule has 0 aliphatic rings. The predicted molar refractivity (Wildman–Crippen MR) is 63.6 cm³/mol. The van der Waals surface area contributed by atoms with Gasteiger partial charge in [0, 0.05) is 11.8 Å². The highest BCUT2D eigenvalue weighted by atomic mass is 16.5. The zero-order valence-electron chi connectivity index (χ0n) is 9.27. The number of ether oxygens (including phenoxy) is 1. The lowest BCUT2D eigenvalue weighted by molar-refractivity contribution is 0.0974. The molecule has 0 fully saturated rings. The molecule has 0 aliphatic heterocycles. The van der Waals surface area contributed by atoms with Gasteiger partial charge in [-0.15, -0.1) is 0 Å². The molecule has 2 aromatic rings. The molecule has 0 unspecified atom stereocenters. The van der Waals surface area contributed by atoms with E-state index in [2.05, 4.69) is 0 Å². The highest BCUT2D eigenvalue weighted by molar-refractivity contribution is 5.90. The van der Waals surface area contributed by atoms with E-state index in [0.717, 1.165) is 0 Å². The summed E-state index contributed by atoms with van der Waals surface area (Å²) in [5.41, 5.74) is 12.1. The second-order valence-corrected chi connectivity index (χ2v) is 3.49. The van der Waals surface area contributed by atoms with Crippen molar-refractivity contribution < 1.29 is 13.9 Å². The molecule has 5 heteroatoms. The summed E-state index contributed by atoms with van der Waals surface area (Å²) in [5, 5.41) is 0. The Bertz CT molecular complexity index is 561. The highest BCUT2D eigenvalue weighted by Crippen LogP contribution is 2.32. The van der Waals surface area contributed by atoms with Crippen molar-refractivity contribution in [1.82, 2.24) is 0 Å². The Labute approximate surface area is 98.0 Å². The number of hydrogen-bond donors (Lipinski definition) is 2. The van der Waals surface area contributed by atoms with Crippen molar-refractivity contribution >= 4 is 11.6 Å². The molecule has 0 aliphatic carbocycles. The van der Waals surface area contributed by atoms with E-state index in [-0.39, 0.29) is 5.76 Å². The topological polar surface area (TPSA) is 91.5 Å². The Balaban J connectivity index is 2.48. The van der Waals surface area contributed by atoms with Gasteiger partial charge in [0.25, 0.3) is 5.91 Å². The highest BCUT2D eigenvalue weighted by Gasteiger charge is 2.12. The number of hydrogen-bond acceptors (Lipinski definition) is 4. The van der Waals surface area contributed by atoms with Crippen molar-refractivity contribution in [2.45, 2.75) is 0 Å². The molecular formula is C12H12N2O3. The van der Waals surface area contributed by atoms with Crippen LogP contribution in [0.3, 0.4) is 0 Å². The Hall–Kier alpha value is -2.43. The second kappa shape index (κ2) is 4.21. The third-order valence-corrected chi connectivity index (χ3v) is 2.34. The van der Waals surface area contributed by atoms with Crippen molar-refractivity contribution in [1.29, 1.82) is 0 Å². The van der Waals surface area contributed by atoms with Gasteiger partial charge in [-0.05, 0) is 24.3 Å². The van der Waals surface area contributed by atoms with Crippen LogP contribution in [0.2, 0.25) is 0 Å². The van der Waals surface area contributed by atoms with E-state index < -0.39 is 5.91 Å². The van der Waals surface area contributed by atoms with Gasteiger partial charge in [0.1, 0.15) is 11.5 Å². The van der Waals surface area contributed by atoms with Crippen LogP contribution in [0.5, 0.6) is 5.75 Å². The van der Waals surface area contributed by atoms with Crippen LogP contribution in [0.15, 0.2) is 34.7 Å². The van der Waals surface area contributed by atoms with Gasteiger partial charge in [0.2, 0.25) is 0 Å². The first-order valence-corrected chi connectivity index (χ1v) is 4.95. The fourth-order valence-electron chi connectivity index (χ4n) is 1.53. The molecule has 1 aromatic heterocycles. The van der Waals surface area contributed by atoms with Crippen LogP contribution >= 0.6 is 0 Å². The molecule has 0 atom stereocenters. The minimum Gasteiger partial charge on any atom is -0.496 e. The summed E-state index contributed by atoms with van der Waals surface area (Å²) in [6, 6.07) is 8.35. The van der Waals surface area contributed by atoms with Crippen LogP contribution < -0.4 is 16.2 Å². The molecule has 2 rings (SSSR count). The minimum atomic E-state index is -0.606. The van der Waals surface area contributed by atoms with E-state index in [4.69, 9.17) is 20.6 Å². The molecule has 5 nitrogen and oxygen atoms in total. The number of carbonyl (C=O) groups is 1. The van der Waals surface area contributed by atoms with Gasteiger partial charge in [0.15, 0.2) is 5.76 Å². The summed E-state index contributed by atoms with van der Waals surface area (Å²) in [6.07, 6.45) is 0. The lowest BCUT2D eigenvalue weighted by Gasteiger charge is -2.06. The normalized spacial score (nSPS) is 10.2. The van der Waals surface area contributed by atoms with Crippen LogP contribution in [0.25, 0.3) is 11.3 Å². The van der Waals surface area contributed by atoms with Crippen LogP contribution in [0.1, 0.15) is 10.6 Å². The van der Waals surface area contributed by atoms with E-state index in [1.54, 1.807) is 24.3 Å². The van der Waals surface area contributed by atoms with Crippen molar-refractivity contribution in [3.8, 4) is 17.1 Å². The number of anilines is 1. The molecule has 88 valence electrons. The standard InChI is InChI=1S/C12H12N2O3/c1-16-11-6-7(13)2-3-8(11)9-4-5-10(17-9)12(14)15/h2-6H,13H2,1H3,(H2,14,15). The van der Waals surface area contributed by atoms with Crippen molar-refractivity contribution in [2.24, 2.45) is 5.73 Å². The number of nitrogen functional groups attached to an aromatic ring is 1. The molecule has 1 aromatic carbocycles. The van der Waals surface area contributed by atoms with E-state index in [1.807, 2.05) is 0 Å². The number of carbonyl (C=O) groups excluding carboxylic acids is 1. The molecule has 17 heavy (non-hydrogen) atoms. The number of primary amides is 1. The van der Waals surface area contributed by atoms with Crippen LogP contribution in [0.4, 0.5) is 5.69 Å².